The van der Waals surface area contributed by atoms with Gasteiger partial charge < -0.3 is 10.2 Å². The van der Waals surface area contributed by atoms with Gasteiger partial charge in [0.1, 0.15) is 0 Å². The fourth-order valence-electron chi connectivity index (χ4n) is 0.107. The van der Waals surface area contributed by atoms with Crippen LogP contribution in [0, 0.1) is 11.8 Å². The minimum atomic E-state index is -1.44. The van der Waals surface area contributed by atoms with E-state index in [-0.39, 0.29) is 17.1 Å². The molecule has 5 heteroatoms. The Morgan fingerprint density at radius 2 is 1.22 bits per heavy atom. The Labute approximate surface area is 61.3 Å². The van der Waals surface area contributed by atoms with Gasteiger partial charge in [-0.25, -0.2) is 9.59 Å². The average molecular weight is 178 g/mol. The van der Waals surface area contributed by atoms with Gasteiger partial charge in [-0.3, -0.25) is 0 Å². The fraction of sp³-hybridized carbons (Fsp3) is 0. The summed E-state index contributed by atoms with van der Waals surface area (Å²) in [5, 5.41) is 15.5. The molecule has 1 radical (unpaired) electrons. The van der Waals surface area contributed by atoms with Crippen molar-refractivity contribution in [2.45, 2.75) is 0 Å². The molecule has 0 aliphatic heterocycles. The summed E-state index contributed by atoms with van der Waals surface area (Å²) < 4.78 is 0. The third kappa shape index (κ3) is 10.9. The summed E-state index contributed by atoms with van der Waals surface area (Å²) in [6, 6.07) is 0. The molecule has 0 rings (SSSR count). The van der Waals surface area contributed by atoms with E-state index in [1.165, 1.54) is 11.8 Å². The molecule has 0 fully saturated rings. The minimum absolute atomic E-state index is 0. The van der Waals surface area contributed by atoms with E-state index < -0.39 is 11.9 Å². The zero-order valence-corrected chi connectivity index (χ0v) is 4.95. The van der Waals surface area contributed by atoms with E-state index in [9.17, 15) is 9.59 Å². The summed E-state index contributed by atoms with van der Waals surface area (Å²) in [7, 11) is 0. The van der Waals surface area contributed by atoms with Crippen LogP contribution in [0.5, 0.6) is 0 Å². The topological polar surface area (TPSA) is 74.6 Å². The van der Waals surface area contributed by atoms with E-state index in [1.54, 1.807) is 0 Å². The van der Waals surface area contributed by atoms with E-state index >= 15 is 0 Å². The van der Waals surface area contributed by atoms with E-state index in [2.05, 4.69) is 0 Å². The van der Waals surface area contributed by atoms with Crippen molar-refractivity contribution in [3.05, 3.63) is 0 Å². The van der Waals surface area contributed by atoms with Crippen LogP contribution in [0.3, 0.4) is 0 Å². The third-order valence-electron chi connectivity index (χ3n) is 0.276. The van der Waals surface area contributed by atoms with Crippen LogP contribution in [0.2, 0.25) is 0 Å². The first-order valence-electron chi connectivity index (χ1n) is 1.61. The standard InChI is InChI=1S/C4H2O4.Cu/c5-3(6)1-2-4(7)8;/h(H,5,6)(H,7,8);. The van der Waals surface area contributed by atoms with Crippen LogP contribution in [0.4, 0.5) is 0 Å². The molecule has 0 spiro atoms. The van der Waals surface area contributed by atoms with Crippen molar-refractivity contribution in [1.82, 2.24) is 0 Å². The van der Waals surface area contributed by atoms with Gasteiger partial charge in [0.05, 0.1) is 0 Å². The predicted octanol–water partition coefficient (Wildman–Crippen LogP) is -0.843. The van der Waals surface area contributed by atoms with Gasteiger partial charge in [-0.2, -0.15) is 0 Å². The maximum absolute atomic E-state index is 9.47. The Hall–Kier alpha value is -0.981. The summed E-state index contributed by atoms with van der Waals surface area (Å²) in [6.45, 7) is 0. The molecule has 0 saturated carbocycles. The number of carbonyl (C=O) groups is 2. The molecule has 0 aromatic carbocycles. The molecule has 0 amide bonds. The van der Waals surface area contributed by atoms with Crippen LogP contribution in [-0.2, 0) is 26.7 Å². The summed E-state index contributed by atoms with van der Waals surface area (Å²) in [4.78, 5) is 18.9. The smallest absolute Gasteiger partial charge is 0.382 e. The first-order chi connectivity index (χ1) is 3.63. The van der Waals surface area contributed by atoms with Gasteiger partial charge in [-0.05, 0) is 0 Å². The van der Waals surface area contributed by atoms with E-state index in [0.29, 0.717) is 0 Å². The number of hydrogen-bond donors (Lipinski definition) is 2. The first-order valence-corrected chi connectivity index (χ1v) is 1.61. The summed E-state index contributed by atoms with van der Waals surface area (Å²) in [5.41, 5.74) is 0. The maximum atomic E-state index is 9.47. The number of rotatable bonds is 0. The molecule has 9 heavy (non-hydrogen) atoms. The normalized spacial score (nSPS) is 5.78. The Kier molecular flexibility index (Phi) is 6.25. The van der Waals surface area contributed by atoms with Gasteiger partial charge in [0.25, 0.3) is 0 Å². The second-order valence-electron chi connectivity index (χ2n) is 0.860. The molecule has 0 aliphatic carbocycles. The SMILES string of the molecule is O=C(O)C#CC(=O)O.[Cu]. The Bertz CT molecular complexity index is 157. The molecule has 0 heterocycles. The van der Waals surface area contributed by atoms with Crippen molar-refractivity contribution in [2.75, 3.05) is 0 Å². The first kappa shape index (κ1) is 10.9. The number of carboxylic acids is 2. The van der Waals surface area contributed by atoms with Gasteiger partial charge in [0.15, 0.2) is 0 Å². The van der Waals surface area contributed by atoms with Crippen LogP contribution in [0.15, 0.2) is 0 Å². The molecular formula is C4H2CuO4. The molecule has 0 aromatic heterocycles. The van der Waals surface area contributed by atoms with Crippen LogP contribution in [-0.4, -0.2) is 22.2 Å². The average Bonchev–Trinajstić information content (AvgIpc) is 1.61. The zero-order chi connectivity index (χ0) is 6.57. The molecule has 0 saturated heterocycles. The van der Waals surface area contributed by atoms with Crippen LogP contribution in [0.25, 0.3) is 0 Å². The number of hydrogen-bond acceptors (Lipinski definition) is 2. The van der Waals surface area contributed by atoms with E-state index in [1.807, 2.05) is 0 Å². The van der Waals surface area contributed by atoms with Crippen molar-refractivity contribution < 1.29 is 36.9 Å². The van der Waals surface area contributed by atoms with Gasteiger partial charge in [0.2, 0.25) is 0 Å². The molecule has 2 N–H and O–H groups in total. The molecule has 0 unspecified atom stereocenters. The molecule has 0 bridgehead atoms. The van der Waals surface area contributed by atoms with Crippen molar-refractivity contribution in [3.63, 3.8) is 0 Å². The van der Waals surface area contributed by atoms with Crippen LogP contribution >= 0.6 is 0 Å². The molecule has 53 valence electrons. The van der Waals surface area contributed by atoms with Crippen LogP contribution in [0.1, 0.15) is 0 Å². The molecule has 0 atom stereocenters. The fourth-order valence-corrected chi connectivity index (χ4v) is 0.107. The number of aliphatic carboxylic acids is 2. The zero-order valence-electron chi connectivity index (χ0n) is 4.01. The third-order valence-corrected chi connectivity index (χ3v) is 0.276. The van der Waals surface area contributed by atoms with Crippen molar-refractivity contribution in [1.29, 1.82) is 0 Å². The molecule has 4 nitrogen and oxygen atoms in total. The largest absolute Gasteiger partial charge is 0.472 e. The van der Waals surface area contributed by atoms with Crippen molar-refractivity contribution >= 4 is 11.9 Å². The van der Waals surface area contributed by atoms with Gasteiger partial charge >= 0.3 is 11.9 Å². The molecular weight excluding hydrogens is 176 g/mol. The summed E-state index contributed by atoms with van der Waals surface area (Å²) >= 11 is 0. The monoisotopic (exact) mass is 177 g/mol. The maximum Gasteiger partial charge on any atom is 0.382 e. The minimum Gasteiger partial charge on any atom is -0.472 e. The van der Waals surface area contributed by atoms with Gasteiger partial charge in [0, 0.05) is 28.9 Å². The molecule has 0 aromatic rings. The second-order valence-corrected chi connectivity index (χ2v) is 0.860. The van der Waals surface area contributed by atoms with E-state index in [4.69, 9.17) is 10.2 Å². The number of carboxylic acid groups (broad SMARTS) is 2. The Morgan fingerprint density at radius 1 is 1.00 bits per heavy atom. The summed E-state index contributed by atoms with van der Waals surface area (Å²) in [6.07, 6.45) is 0. The van der Waals surface area contributed by atoms with Gasteiger partial charge in [-0.15, -0.1) is 0 Å². The predicted molar refractivity (Wildman–Crippen MR) is 23.0 cm³/mol. The van der Waals surface area contributed by atoms with E-state index in [0.717, 1.165) is 0 Å². The second kappa shape index (κ2) is 5.16. The van der Waals surface area contributed by atoms with Crippen molar-refractivity contribution in [3.8, 4) is 11.8 Å². The van der Waals surface area contributed by atoms with Gasteiger partial charge in [-0.1, -0.05) is 0 Å². The molecule has 0 aliphatic rings. The Balaban J connectivity index is 0. The quantitative estimate of drug-likeness (QED) is 0.374. The summed E-state index contributed by atoms with van der Waals surface area (Å²) in [5.74, 6) is -0.0511. The Morgan fingerprint density at radius 3 is 1.33 bits per heavy atom. The van der Waals surface area contributed by atoms with Crippen molar-refractivity contribution in [2.24, 2.45) is 0 Å². The van der Waals surface area contributed by atoms with Crippen LogP contribution < -0.4 is 0 Å².